The molecule has 0 N–H and O–H groups in total. The van der Waals surface area contributed by atoms with E-state index in [2.05, 4.69) is 22.7 Å². The third kappa shape index (κ3) is 0.753. The van der Waals surface area contributed by atoms with Gasteiger partial charge in [-0.1, -0.05) is 6.92 Å². The van der Waals surface area contributed by atoms with Gasteiger partial charge in [-0.05, 0) is 12.8 Å². The molecule has 0 amide bonds. The molecule has 1 aliphatic rings. The van der Waals surface area contributed by atoms with Crippen molar-refractivity contribution in [3.05, 3.63) is 17.7 Å². The fourth-order valence-corrected chi connectivity index (χ4v) is 1.48. The second-order valence-electron chi connectivity index (χ2n) is 2.80. The smallest absolute Gasteiger partial charge is 0.109 e. The summed E-state index contributed by atoms with van der Waals surface area (Å²) in [5, 5.41) is 0. The van der Waals surface area contributed by atoms with Crippen LogP contribution in [0, 0.1) is 0 Å². The summed E-state index contributed by atoms with van der Waals surface area (Å²) in [4.78, 5) is 4.47. The van der Waals surface area contributed by atoms with Crippen molar-refractivity contribution in [2.45, 2.75) is 32.7 Å². The summed E-state index contributed by atoms with van der Waals surface area (Å²) < 4.78 is 2.28. The fourth-order valence-electron chi connectivity index (χ4n) is 1.48. The van der Waals surface area contributed by atoms with Gasteiger partial charge < -0.3 is 4.57 Å². The van der Waals surface area contributed by atoms with E-state index >= 15 is 0 Å². The number of aromatic nitrogens is 2. The Morgan fingerprint density at radius 3 is 3.30 bits per heavy atom. The van der Waals surface area contributed by atoms with Gasteiger partial charge in [-0.15, -0.1) is 0 Å². The minimum absolute atomic E-state index is 1.07. The predicted octanol–water partition coefficient (Wildman–Crippen LogP) is 1.39. The summed E-state index contributed by atoms with van der Waals surface area (Å²) in [6.45, 7) is 3.33. The van der Waals surface area contributed by atoms with E-state index in [4.69, 9.17) is 0 Å². The SMILES string of the molecule is CCc1cn2c(n1)CCC2. The maximum absolute atomic E-state index is 4.47. The molecule has 2 nitrogen and oxygen atoms in total. The summed E-state index contributed by atoms with van der Waals surface area (Å²) in [6.07, 6.45) is 5.72. The summed E-state index contributed by atoms with van der Waals surface area (Å²) in [6, 6.07) is 0. The van der Waals surface area contributed by atoms with Crippen molar-refractivity contribution in [2.24, 2.45) is 0 Å². The second-order valence-corrected chi connectivity index (χ2v) is 2.80. The minimum atomic E-state index is 1.07. The van der Waals surface area contributed by atoms with Crippen LogP contribution in [0.5, 0.6) is 0 Å². The van der Waals surface area contributed by atoms with E-state index in [1.807, 2.05) is 0 Å². The molecule has 1 aromatic rings. The topological polar surface area (TPSA) is 17.8 Å². The van der Waals surface area contributed by atoms with Crippen LogP contribution in [0.1, 0.15) is 24.9 Å². The second kappa shape index (κ2) is 2.11. The normalized spacial score (nSPS) is 15.7. The highest BCUT2D eigenvalue weighted by Crippen LogP contribution is 2.13. The molecule has 0 aliphatic carbocycles. The lowest BCUT2D eigenvalue weighted by Gasteiger charge is -1.89. The molecule has 54 valence electrons. The van der Waals surface area contributed by atoms with Gasteiger partial charge >= 0.3 is 0 Å². The van der Waals surface area contributed by atoms with Gasteiger partial charge in [0.1, 0.15) is 5.82 Å². The van der Waals surface area contributed by atoms with Gasteiger partial charge in [0.2, 0.25) is 0 Å². The number of hydrogen-bond donors (Lipinski definition) is 0. The number of imidazole rings is 1. The van der Waals surface area contributed by atoms with E-state index in [9.17, 15) is 0 Å². The Balaban J connectivity index is 2.37. The molecule has 0 saturated carbocycles. The van der Waals surface area contributed by atoms with Gasteiger partial charge in [0.05, 0.1) is 5.69 Å². The third-order valence-corrected chi connectivity index (χ3v) is 2.07. The Morgan fingerprint density at radius 1 is 1.70 bits per heavy atom. The van der Waals surface area contributed by atoms with Crippen molar-refractivity contribution in [3.8, 4) is 0 Å². The van der Waals surface area contributed by atoms with Crippen molar-refractivity contribution in [1.29, 1.82) is 0 Å². The standard InChI is InChI=1S/C8H12N2/c1-2-7-6-10-5-3-4-8(10)9-7/h6H,2-5H2,1H3. The molecular weight excluding hydrogens is 124 g/mol. The van der Waals surface area contributed by atoms with Crippen LogP contribution in [0.3, 0.4) is 0 Å². The van der Waals surface area contributed by atoms with Crippen LogP contribution in [0.4, 0.5) is 0 Å². The first-order chi connectivity index (χ1) is 4.90. The van der Waals surface area contributed by atoms with Crippen LogP contribution in [-0.4, -0.2) is 9.55 Å². The summed E-state index contributed by atoms with van der Waals surface area (Å²) >= 11 is 0. The Hall–Kier alpha value is -0.790. The van der Waals surface area contributed by atoms with E-state index < -0.39 is 0 Å². The first kappa shape index (κ1) is 5.96. The van der Waals surface area contributed by atoms with Crippen molar-refractivity contribution >= 4 is 0 Å². The molecule has 0 atom stereocenters. The maximum Gasteiger partial charge on any atom is 0.109 e. The summed E-state index contributed by atoms with van der Waals surface area (Å²) in [5.74, 6) is 1.29. The molecule has 2 heterocycles. The van der Waals surface area contributed by atoms with Gasteiger partial charge in [-0.2, -0.15) is 0 Å². The summed E-state index contributed by atoms with van der Waals surface area (Å²) in [5.41, 5.74) is 1.25. The van der Waals surface area contributed by atoms with Crippen LogP contribution in [0.2, 0.25) is 0 Å². The Labute approximate surface area is 60.9 Å². The first-order valence-electron chi connectivity index (χ1n) is 3.95. The van der Waals surface area contributed by atoms with E-state index in [1.54, 1.807) is 0 Å². The average Bonchev–Trinajstić information content (AvgIpc) is 2.42. The Kier molecular flexibility index (Phi) is 1.26. The summed E-state index contributed by atoms with van der Waals surface area (Å²) in [7, 11) is 0. The molecule has 10 heavy (non-hydrogen) atoms. The van der Waals surface area contributed by atoms with Gasteiger partial charge in [-0.3, -0.25) is 0 Å². The molecule has 1 aliphatic heterocycles. The molecule has 2 heteroatoms. The monoisotopic (exact) mass is 136 g/mol. The quantitative estimate of drug-likeness (QED) is 0.570. The molecule has 1 aromatic heterocycles. The van der Waals surface area contributed by atoms with E-state index in [0.717, 1.165) is 6.42 Å². The van der Waals surface area contributed by atoms with Gasteiger partial charge in [-0.25, -0.2) is 4.98 Å². The van der Waals surface area contributed by atoms with E-state index in [0.29, 0.717) is 0 Å². The third-order valence-electron chi connectivity index (χ3n) is 2.07. The molecule has 0 bridgehead atoms. The molecule has 0 aromatic carbocycles. The van der Waals surface area contributed by atoms with Crippen molar-refractivity contribution in [1.82, 2.24) is 9.55 Å². The van der Waals surface area contributed by atoms with Crippen LogP contribution in [0.15, 0.2) is 6.20 Å². The molecule has 0 radical (unpaired) electrons. The molecule has 0 saturated heterocycles. The fraction of sp³-hybridized carbons (Fsp3) is 0.625. The van der Waals surface area contributed by atoms with E-state index in [1.165, 1.54) is 30.9 Å². The molecular formula is C8H12N2. The van der Waals surface area contributed by atoms with Gasteiger partial charge in [0, 0.05) is 19.2 Å². The highest BCUT2D eigenvalue weighted by molar-refractivity contribution is 5.06. The zero-order valence-electron chi connectivity index (χ0n) is 6.30. The lowest BCUT2D eigenvalue weighted by atomic mass is 10.3. The van der Waals surface area contributed by atoms with Crippen molar-refractivity contribution in [3.63, 3.8) is 0 Å². The van der Waals surface area contributed by atoms with Gasteiger partial charge in [0.15, 0.2) is 0 Å². The Bertz CT molecular complexity index is 216. The molecule has 0 fully saturated rings. The number of nitrogens with zero attached hydrogens (tertiary/aromatic N) is 2. The molecule has 0 unspecified atom stereocenters. The predicted molar refractivity (Wildman–Crippen MR) is 39.9 cm³/mol. The minimum Gasteiger partial charge on any atom is -0.335 e. The number of rotatable bonds is 1. The van der Waals surface area contributed by atoms with Crippen molar-refractivity contribution < 1.29 is 0 Å². The number of hydrogen-bond acceptors (Lipinski definition) is 1. The zero-order chi connectivity index (χ0) is 6.97. The number of aryl methyl sites for hydroxylation is 3. The molecule has 0 spiro atoms. The zero-order valence-corrected chi connectivity index (χ0v) is 6.30. The lowest BCUT2D eigenvalue weighted by Crippen LogP contribution is -1.87. The van der Waals surface area contributed by atoms with Crippen LogP contribution in [0.25, 0.3) is 0 Å². The molecule has 2 rings (SSSR count). The Morgan fingerprint density at radius 2 is 2.60 bits per heavy atom. The number of fused-ring (bicyclic) bond motifs is 1. The maximum atomic E-state index is 4.47. The highest BCUT2D eigenvalue weighted by Gasteiger charge is 2.11. The average molecular weight is 136 g/mol. The first-order valence-corrected chi connectivity index (χ1v) is 3.95. The van der Waals surface area contributed by atoms with Crippen LogP contribution >= 0.6 is 0 Å². The van der Waals surface area contributed by atoms with Crippen LogP contribution < -0.4 is 0 Å². The van der Waals surface area contributed by atoms with E-state index in [-0.39, 0.29) is 0 Å². The largest absolute Gasteiger partial charge is 0.335 e. The van der Waals surface area contributed by atoms with Crippen molar-refractivity contribution in [2.75, 3.05) is 0 Å². The lowest BCUT2D eigenvalue weighted by molar-refractivity contribution is 0.746. The van der Waals surface area contributed by atoms with Gasteiger partial charge in [0.25, 0.3) is 0 Å². The highest BCUT2D eigenvalue weighted by atomic mass is 15.1. The van der Waals surface area contributed by atoms with Crippen LogP contribution in [-0.2, 0) is 19.4 Å².